The molecular weight excluding hydrogens is 270 g/mol. The second-order valence-electron chi connectivity index (χ2n) is 4.41. The van der Waals surface area contributed by atoms with Gasteiger partial charge in [-0.05, 0) is 44.4 Å². The molecule has 1 heterocycles. The molecular formula is C16H21NO2S. The summed E-state index contributed by atoms with van der Waals surface area (Å²) in [6, 6.07) is 10.3. The fourth-order valence-electron chi connectivity index (χ4n) is 2.00. The lowest BCUT2D eigenvalue weighted by atomic mass is 10.2. The minimum Gasteiger partial charge on any atom is -0.494 e. The van der Waals surface area contributed by atoms with Gasteiger partial charge in [-0.1, -0.05) is 6.07 Å². The van der Waals surface area contributed by atoms with E-state index in [4.69, 9.17) is 9.47 Å². The Labute approximate surface area is 124 Å². The molecule has 0 aliphatic rings. The monoisotopic (exact) mass is 291 g/mol. The lowest BCUT2D eigenvalue weighted by Crippen LogP contribution is -2.07. The maximum absolute atomic E-state index is 5.67. The van der Waals surface area contributed by atoms with Gasteiger partial charge in [-0.25, -0.2) is 0 Å². The van der Waals surface area contributed by atoms with E-state index in [1.165, 1.54) is 4.88 Å². The van der Waals surface area contributed by atoms with Gasteiger partial charge in [-0.2, -0.15) is 0 Å². The van der Waals surface area contributed by atoms with Crippen molar-refractivity contribution in [3.63, 3.8) is 0 Å². The predicted molar refractivity (Wildman–Crippen MR) is 85.1 cm³/mol. The van der Waals surface area contributed by atoms with Gasteiger partial charge in [-0.3, -0.25) is 0 Å². The number of hydrogen-bond acceptors (Lipinski definition) is 4. The second-order valence-corrected chi connectivity index (χ2v) is 5.38. The highest BCUT2D eigenvalue weighted by Crippen LogP contribution is 2.33. The first-order valence-electron chi connectivity index (χ1n) is 6.94. The van der Waals surface area contributed by atoms with Crippen LogP contribution in [0, 0.1) is 0 Å². The fourth-order valence-corrected chi connectivity index (χ4v) is 2.74. The quantitative estimate of drug-likeness (QED) is 0.800. The summed E-state index contributed by atoms with van der Waals surface area (Å²) in [6.45, 7) is 7.43. The molecule has 1 unspecified atom stereocenters. The van der Waals surface area contributed by atoms with Gasteiger partial charge in [0.1, 0.15) is 11.5 Å². The van der Waals surface area contributed by atoms with E-state index in [9.17, 15) is 0 Å². The second kappa shape index (κ2) is 7.20. The number of anilines is 1. The maximum atomic E-state index is 5.67. The van der Waals surface area contributed by atoms with E-state index < -0.39 is 0 Å². The smallest absolute Gasteiger partial charge is 0.142 e. The van der Waals surface area contributed by atoms with Crippen LogP contribution in [0.3, 0.4) is 0 Å². The van der Waals surface area contributed by atoms with Crippen molar-refractivity contribution in [2.45, 2.75) is 26.8 Å². The molecule has 0 radical (unpaired) electrons. The fraction of sp³-hybridized carbons (Fsp3) is 0.375. The third kappa shape index (κ3) is 3.67. The van der Waals surface area contributed by atoms with Crippen LogP contribution in [0.2, 0.25) is 0 Å². The van der Waals surface area contributed by atoms with Crippen molar-refractivity contribution in [3.05, 3.63) is 40.6 Å². The van der Waals surface area contributed by atoms with Crippen LogP contribution in [-0.2, 0) is 0 Å². The molecule has 20 heavy (non-hydrogen) atoms. The summed E-state index contributed by atoms with van der Waals surface area (Å²) in [5, 5.41) is 5.59. The molecule has 1 N–H and O–H groups in total. The van der Waals surface area contributed by atoms with Gasteiger partial charge < -0.3 is 14.8 Å². The van der Waals surface area contributed by atoms with Crippen molar-refractivity contribution >= 4 is 17.0 Å². The van der Waals surface area contributed by atoms with E-state index in [1.54, 1.807) is 11.3 Å². The van der Waals surface area contributed by atoms with Crippen molar-refractivity contribution in [3.8, 4) is 11.5 Å². The number of thiophene rings is 1. The van der Waals surface area contributed by atoms with Crippen LogP contribution >= 0.6 is 11.3 Å². The summed E-state index contributed by atoms with van der Waals surface area (Å²) in [7, 11) is 0. The highest BCUT2D eigenvalue weighted by Gasteiger charge is 2.11. The lowest BCUT2D eigenvalue weighted by Gasteiger charge is -2.18. The standard InChI is InChI=1S/C16H21NO2S/c1-4-18-13-8-9-15(19-5-2)14(11-13)17-12(3)16-7-6-10-20-16/h6-12,17H,4-5H2,1-3H3. The highest BCUT2D eigenvalue weighted by molar-refractivity contribution is 7.10. The SMILES string of the molecule is CCOc1ccc(OCC)c(NC(C)c2cccs2)c1. The third-order valence-electron chi connectivity index (χ3n) is 2.90. The van der Waals surface area contributed by atoms with E-state index in [-0.39, 0.29) is 6.04 Å². The number of nitrogens with one attached hydrogen (secondary N) is 1. The number of ether oxygens (including phenoxy) is 2. The summed E-state index contributed by atoms with van der Waals surface area (Å²) in [5.74, 6) is 1.72. The molecule has 0 fully saturated rings. The van der Waals surface area contributed by atoms with Crippen molar-refractivity contribution in [2.24, 2.45) is 0 Å². The topological polar surface area (TPSA) is 30.5 Å². The van der Waals surface area contributed by atoms with E-state index >= 15 is 0 Å². The Morgan fingerprint density at radius 3 is 2.60 bits per heavy atom. The van der Waals surface area contributed by atoms with Crippen LogP contribution in [0.5, 0.6) is 11.5 Å². The molecule has 0 aliphatic carbocycles. The van der Waals surface area contributed by atoms with Crippen LogP contribution in [0.4, 0.5) is 5.69 Å². The average molecular weight is 291 g/mol. The van der Waals surface area contributed by atoms with Crippen LogP contribution in [0.25, 0.3) is 0 Å². The zero-order chi connectivity index (χ0) is 14.4. The van der Waals surface area contributed by atoms with Crippen molar-refractivity contribution in [1.82, 2.24) is 0 Å². The number of benzene rings is 1. The van der Waals surface area contributed by atoms with Crippen molar-refractivity contribution < 1.29 is 9.47 Å². The first kappa shape index (κ1) is 14.7. The number of rotatable bonds is 7. The maximum Gasteiger partial charge on any atom is 0.142 e. The zero-order valence-electron chi connectivity index (χ0n) is 12.2. The number of hydrogen-bond donors (Lipinski definition) is 1. The Bertz CT molecular complexity index is 525. The van der Waals surface area contributed by atoms with Crippen LogP contribution in [-0.4, -0.2) is 13.2 Å². The van der Waals surface area contributed by atoms with Gasteiger partial charge in [0, 0.05) is 10.9 Å². The summed E-state index contributed by atoms with van der Waals surface area (Å²) < 4.78 is 11.2. The Morgan fingerprint density at radius 1 is 1.15 bits per heavy atom. The van der Waals surface area contributed by atoms with Crippen LogP contribution < -0.4 is 14.8 Å². The first-order chi connectivity index (χ1) is 9.74. The molecule has 1 aromatic heterocycles. The van der Waals surface area contributed by atoms with Crippen molar-refractivity contribution in [2.75, 3.05) is 18.5 Å². The molecule has 3 nitrogen and oxygen atoms in total. The predicted octanol–water partition coefficient (Wildman–Crippen LogP) is 4.72. The van der Waals surface area contributed by atoms with Gasteiger partial charge in [0.2, 0.25) is 0 Å². The van der Waals surface area contributed by atoms with Crippen molar-refractivity contribution in [1.29, 1.82) is 0 Å². The van der Waals surface area contributed by atoms with Gasteiger partial charge in [0.25, 0.3) is 0 Å². The van der Waals surface area contributed by atoms with Crippen LogP contribution in [0.1, 0.15) is 31.7 Å². The molecule has 0 saturated heterocycles. The summed E-state index contributed by atoms with van der Waals surface area (Å²) in [5.41, 5.74) is 0.971. The molecule has 0 amide bonds. The van der Waals surface area contributed by atoms with E-state index in [2.05, 4.69) is 29.8 Å². The minimum absolute atomic E-state index is 0.242. The molecule has 0 aliphatic heterocycles. The third-order valence-corrected chi connectivity index (χ3v) is 3.96. The molecule has 0 bridgehead atoms. The molecule has 0 saturated carbocycles. The summed E-state index contributed by atoms with van der Waals surface area (Å²) >= 11 is 1.75. The van der Waals surface area contributed by atoms with Gasteiger partial charge in [0.15, 0.2) is 0 Å². The van der Waals surface area contributed by atoms with E-state index in [1.807, 2.05) is 32.0 Å². The van der Waals surface area contributed by atoms with Gasteiger partial charge in [0.05, 0.1) is 24.9 Å². The Morgan fingerprint density at radius 2 is 1.95 bits per heavy atom. The Hall–Kier alpha value is -1.68. The first-order valence-corrected chi connectivity index (χ1v) is 7.82. The highest BCUT2D eigenvalue weighted by atomic mass is 32.1. The average Bonchev–Trinajstić information content (AvgIpc) is 2.96. The van der Waals surface area contributed by atoms with E-state index in [0.29, 0.717) is 13.2 Å². The minimum atomic E-state index is 0.242. The normalized spacial score (nSPS) is 11.9. The van der Waals surface area contributed by atoms with Gasteiger partial charge in [-0.15, -0.1) is 11.3 Å². The molecule has 2 aromatic rings. The summed E-state index contributed by atoms with van der Waals surface area (Å²) in [6.07, 6.45) is 0. The van der Waals surface area contributed by atoms with Crippen LogP contribution in [0.15, 0.2) is 35.7 Å². The van der Waals surface area contributed by atoms with E-state index in [0.717, 1.165) is 17.2 Å². The molecule has 0 spiro atoms. The van der Waals surface area contributed by atoms with Gasteiger partial charge >= 0.3 is 0 Å². The lowest BCUT2D eigenvalue weighted by molar-refractivity contribution is 0.331. The largest absolute Gasteiger partial charge is 0.494 e. The summed E-state index contributed by atoms with van der Waals surface area (Å²) in [4.78, 5) is 1.30. The molecule has 108 valence electrons. The molecule has 4 heteroatoms. The Kier molecular flexibility index (Phi) is 5.30. The Balaban J connectivity index is 2.20. The molecule has 1 atom stereocenters. The molecule has 1 aromatic carbocycles. The molecule has 2 rings (SSSR count). The zero-order valence-corrected chi connectivity index (χ0v) is 13.0.